The summed E-state index contributed by atoms with van der Waals surface area (Å²) in [4.78, 5) is 25.8. The number of ether oxygens (including phenoxy) is 1. The summed E-state index contributed by atoms with van der Waals surface area (Å²) in [6.07, 6.45) is 3.45. The molecule has 0 N–H and O–H groups in total. The van der Waals surface area contributed by atoms with Gasteiger partial charge in [-0.1, -0.05) is 29.3 Å². The predicted molar refractivity (Wildman–Crippen MR) is 95.3 cm³/mol. The van der Waals surface area contributed by atoms with E-state index in [0.29, 0.717) is 49.0 Å². The van der Waals surface area contributed by atoms with Gasteiger partial charge in [0.25, 0.3) is 0 Å². The highest BCUT2D eigenvalue weighted by molar-refractivity contribution is 6.42. The molecule has 4 nitrogen and oxygen atoms in total. The van der Waals surface area contributed by atoms with Gasteiger partial charge in [-0.25, -0.2) is 0 Å². The number of likely N-dealkylation sites (tertiary alicyclic amines) is 1. The van der Waals surface area contributed by atoms with Gasteiger partial charge in [0.2, 0.25) is 5.91 Å². The van der Waals surface area contributed by atoms with Crippen LogP contribution >= 0.6 is 23.2 Å². The van der Waals surface area contributed by atoms with E-state index in [9.17, 15) is 9.59 Å². The Hall–Kier alpha value is -1.26. The van der Waals surface area contributed by atoms with Crippen LogP contribution < -0.4 is 0 Å². The summed E-state index contributed by atoms with van der Waals surface area (Å²) in [5.41, 5.74) is 1.08. The second-order valence-electron chi connectivity index (χ2n) is 6.01. The average molecular weight is 372 g/mol. The molecule has 1 aromatic rings. The van der Waals surface area contributed by atoms with Crippen molar-refractivity contribution < 1.29 is 14.3 Å². The summed E-state index contributed by atoms with van der Waals surface area (Å²) in [5, 5.41) is 1.09. The van der Waals surface area contributed by atoms with Crippen molar-refractivity contribution in [3.63, 3.8) is 0 Å². The van der Waals surface area contributed by atoms with Crippen molar-refractivity contribution in [3.05, 3.63) is 33.8 Å². The average Bonchev–Trinajstić information content (AvgIpc) is 2.58. The van der Waals surface area contributed by atoms with Crippen LogP contribution in [0.25, 0.3) is 0 Å². The molecule has 0 aliphatic carbocycles. The van der Waals surface area contributed by atoms with Gasteiger partial charge in [0.1, 0.15) is 0 Å². The van der Waals surface area contributed by atoms with Gasteiger partial charge >= 0.3 is 5.97 Å². The Morgan fingerprint density at radius 3 is 2.54 bits per heavy atom. The minimum Gasteiger partial charge on any atom is -0.466 e. The van der Waals surface area contributed by atoms with Crippen LogP contribution in [0, 0.1) is 5.92 Å². The Balaban J connectivity index is 1.72. The number of esters is 1. The monoisotopic (exact) mass is 371 g/mol. The third-order valence-corrected chi connectivity index (χ3v) is 5.05. The van der Waals surface area contributed by atoms with Crippen molar-refractivity contribution >= 4 is 35.1 Å². The Labute approximate surface area is 153 Å². The lowest BCUT2D eigenvalue weighted by Gasteiger charge is -2.31. The summed E-state index contributed by atoms with van der Waals surface area (Å²) in [7, 11) is 0. The molecule has 0 saturated carbocycles. The Bertz CT molecular complexity index is 584. The number of benzene rings is 1. The van der Waals surface area contributed by atoms with Gasteiger partial charge in [-0.15, -0.1) is 0 Å². The summed E-state index contributed by atoms with van der Waals surface area (Å²) in [5.74, 6) is -0.0493. The normalized spacial score (nSPS) is 15.4. The number of hydrogen-bond acceptors (Lipinski definition) is 3. The zero-order valence-electron chi connectivity index (χ0n) is 13.9. The first-order valence-corrected chi connectivity index (χ1v) is 9.15. The summed E-state index contributed by atoms with van der Waals surface area (Å²) in [6, 6.07) is 5.56. The maximum absolute atomic E-state index is 12.3. The van der Waals surface area contributed by atoms with Crippen molar-refractivity contribution in [2.45, 2.75) is 39.0 Å². The highest BCUT2D eigenvalue weighted by Crippen LogP contribution is 2.24. The lowest BCUT2D eigenvalue weighted by molar-refractivity contribution is -0.151. The topological polar surface area (TPSA) is 46.6 Å². The van der Waals surface area contributed by atoms with Gasteiger partial charge in [0.15, 0.2) is 0 Å². The van der Waals surface area contributed by atoms with E-state index in [0.717, 1.165) is 18.4 Å². The van der Waals surface area contributed by atoms with E-state index >= 15 is 0 Å². The number of piperidine rings is 1. The summed E-state index contributed by atoms with van der Waals surface area (Å²) >= 11 is 11.9. The summed E-state index contributed by atoms with van der Waals surface area (Å²) < 4.78 is 5.05. The van der Waals surface area contributed by atoms with Gasteiger partial charge in [-0.3, -0.25) is 9.59 Å². The molecule has 1 aromatic carbocycles. The third-order valence-electron chi connectivity index (χ3n) is 4.31. The molecule has 6 heteroatoms. The lowest BCUT2D eigenvalue weighted by Crippen LogP contribution is -2.40. The van der Waals surface area contributed by atoms with Crippen LogP contribution in [0.4, 0.5) is 0 Å². The highest BCUT2D eigenvalue weighted by atomic mass is 35.5. The molecule has 1 amide bonds. The molecule has 1 heterocycles. The molecule has 0 spiro atoms. The van der Waals surface area contributed by atoms with Crippen LogP contribution in [-0.2, 0) is 20.7 Å². The number of rotatable bonds is 6. The van der Waals surface area contributed by atoms with Gasteiger partial charge in [-0.05, 0) is 50.3 Å². The van der Waals surface area contributed by atoms with E-state index in [1.54, 1.807) is 6.07 Å². The van der Waals surface area contributed by atoms with E-state index in [1.165, 1.54) is 0 Å². The predicted octanol–water partition coefficient (Wildman–Crippen LogP) is 4.12. The first-order chi connectivity index (χ1) is 11.5. The van der Waals surface area contributed by atoms with E-state index in [1.807, 2.05) is 24.0 Å². The van der Waals surface area contributed by atoms with Crippen LogP contribution in [-0.4, -0.2) is 36.5 Å². The van der Waals surface area contributed by atoms with Crippen LogP contribution in [0.15, 0.2) is 18.2 Å². The number of amides is 1. The fraction of sp³-hybridized carbons (Fsp3) is 0.556. The molecule has 0 radical (unpaired) electrons. The number of carbonyl (C=O) groups excluding carboxylic acids is 2. The largest absolute Gasteiger partial charge is 0.466 e. The Morgan fingerprint density at radius 1 is 1.21 bits per heavy atom. The molecule has 1 fully saturated rings. The van der Waals surface area contributed by atoms with Gasteiger partial charge in [-0.2, -0.15) is 0 Å². The van der Waals surface area contributed by atoms with Crippen LogP contribution in [0.2, 0.25) is 10.0 Å². The number of halogens is 2. The maximum atomic E-state index is 12.3. The van der Waals surface area contributed by atoms with Gasteiger partial charge < -0.3 is 9.64 Å². The molecule has 0 unspecified atom stereocenters. The fourth-order valence-corrected chi connectivity index (χ4v) is 3.24. The molecule has 0 aromatic heterocycles. The molecular weight excluding hydrogens is 349 g/mol. The summed E-state index contributed by atoms with van der Waals surface area (Å²) in [6.45, 7) is 3.49. The third kappa shape index (κ3) is 5.38. The minimum atomic E-state index is -0.135. The van der Waals surface area contributed by atoms with E-state index in [4.69, 9.17) is 27.9 Å². The first kappa shape index (κ1) is 19.1. The number of aryl methyl sites for hydroxylation is 1. The number of hydrogen-bond donors (Lipinski definition) is 0. The molecule has 2 rings (SSSR count). The molecule has 1 aliphatic heterocycles. The highest BCUT2D eigenvalue weighted by Gasteiger charge is 2.27. The molecule has 0 bridgehead atoms. The van der Waals surface area contributed by atoms with Crippen LogP contribution in [0.5, 0.6) is 0 Å². The van der Waals surface area contributed by atoms with Crippen molar-refractivity contribution in [2.24, 2.45) is 5.92 Å². The maximum Gasteiger partial charge on any atom is 0.309 e. The smallest absolute Gasteiger partial charge is 0.309 e. The second kappa shape index (κ2) is 9.28. The lowest BCUT2D eigenvalue weighted by atomic mass is 9.96. The van der Waals surface area contributed by atoms with Crippen molar-refractivity contribution in [1.82, 2.24) is 4.90 Å². The minimum absolute atomic E-state index is 0.0646. The van der Waals surface area contributed by atoms with Crippen molar-refractivity contribution in [1.29, 1.82) is 0 Å². The SMILES string of the molecule is CCOC(=O)C1CCN(C(=O)CCCc2ccc(Cl)c(Cl)c2)CC1. The molecule has 0 atom stereocenters. The second-order valence-corrected chi connectivity index (χ2v) is 6.82. The van der Waals surface area contributed by atoms with Crippen LogP contribution in [0.3, 0.4) is 0 Å². The Kier molecular flexibility index (Phi) is 7.38. The zero-order valence-corrected chi connectivity index (χ0v) is 15.4. The van der Waals surface area contributed by atoms with E-state index in [-0.39, 0.29) is 17.8 Å². The molecule has 1 saturated heterocycles. The van der Waals surface area contributed by atoms with Gasteiger partial charge in [0, 0.05) is 19.5 Å². The van der Waals surface area contributed by atoms with E-state index < -0.39 is 0 Å². The van der Waals surface area contributed by atoms with E-state index in [2.05, 4.69) is 0 Å². The molecule has 132 valence electrons. The standard InChI is InChI=1S/C18H23Cl2NO3/c1-2-24-18(23)14-8-10-21(11-9-14)17(22)5-3-4-13-6-7-15(19)16(20)12-13/h6-7,12,14H,2-5,8-11H2,1H3. The van der Waals surface area contributed by atoms with Gasteiger partial charge in [0.05, 0.1) is 22.6 Å². The van der Waals surface area contributed by atoms with Crippen molar-refractivity contribution in [2.75, 3.05) is 19.7 Å². The Morgan fingerprint density at radius 2 is 1.92 bits per heavy atom. The number of nitrogens with zero attached hydrogens (tertiary/aromatic N) is 1. The van der Waals surface area contributed by atoms with Crippen LogP contribution in [0.1, 0.15) is 38.2 Å². The molecule has 24 heavy (non-hydrogen) atoms. The molecule has 1 aliphatic rings. The van der Waals surface area contributed by atoms with Crippen molar-refractivity contribution in [3.8, 4) is 0 Å². The fourth-order valence-electron chi connectivity index (χ4n) is 2.92. The quantitative estimate of drug-likeness (QED) is 0.706. The number of carbonyl (C=O) groups is 2. The zero-order chi connectivity index (χ0) is 17.5. The molecular formula is C18H23Cl2NO3. The first-order valence-electron chi connectivity index (χ1n) is 8.39.